The lowest BCUT2D eigenvalue weighted by molar-refractivity contribution is 0.295. The van der Waals surface area contributed by atoms with Gasteiger partial charge in [0, 0.05) is 34.1 Å². The molecule has 2 N–H and O–H groups in total. The number of nitrogens with one attached hydrogen (secondary N) is 1. The number of hydrogen-bond donors (Lipinski definition) is 2. The lowest BCUT2D eigenvalue weighted by Crippen LogP contribution is -2.24. The molecule has 1 aromatic heterocycles. The highest BCUT2D eigenvalue weighted by molar-refractivity contribution is 6.35. The summed E-state index contributed by atoms with van der Waals surface area (Å²) in [6.07, 6.45) is 0. The Hall–Kier alpha value is -3.06. The molecule has 164 valence electrons. The van der Waals surface area contributed by atoms with Crippen LogP contribution in [0.3, 0.4) is 0 Å². The Kier molecular flexibility index (Phi) is 6.65. The first kappa shape index (κ1) is 22.1. The summed E-state index contributed by atoms with van der Waals surface area (Å²) >= 11 is 12.7. The maximum Gasteiger partial charge on any atom is 0.258 e. The monoisotopic (exact) mass is 469 g/mol. The summed E-state index contributed by atoms with van der Waals surface area (Å²) in [5.41, 5.74) is 1.60. The van der Waals surface area contributed by atoms with Crippen LogP contribution in [-0.4, -0.2) is 27.8 Å². The number of aliphatic hydroxyl groups is 1. The minimum Gasteiger partial charge on any atom is -0.485 e. The van der Waals surface area contributed by atoms with E-state index >= 15 is 0 Å². The number of halogens is 2. The van der Waals surface area contributed by atoms with Gasteiger partial charge in [-0.25, -0.2) is 4.98 Å². The molecule has 6 nitrogen and oxygen atoms in total. The minimum atomic E-state index is -0.232. The third-order valence-corrected chi connectivity index (χ3v) is 5.58. The van der Waals surface area contributed by atoms with E-state index in [2.05, 4.69) is 10.3 Å². The number of aryl methyl sites for hydroxylation is 1. The lowest BCUT2D eigenvalue weighted by atomic mass is 10.1. The summed E-state index contributed by atoms with van der Waals surface area (Å²) < 4.78 is 7.56. The Bertz CT molecular complexity index is 1340. The largest absolute Gasteiger partial charge is 0.485 e. The van der Waals surface area contributed by atoms with Crippen molar-refractivity contribution in [2.75, 3.05) is 18.5 Å². The Labute approximate surface area is 195 Å². The molecule has 0 aliphatic carbocycles. The fourth-order valence-electron chi connectivity index (χ4n) is 3.51. The third kappa shape index (κ3) is 4.58. The van der Waals surface area contributed by atoms with E-state index in [-0.39, 0.29) is 18.8 Å². The molecule has 0 amide bonds. The zero-order valence-corrected chi connectivity index (χ0v) is 18.8. The number of aromatic nitrogens is 2. The van der Waals surface area contributed by atoms with Gasteiger partial charge in [-0.15, -0.1) is 0 Å². The first-order valence-corrected chi connectivity index (χ1v) is 10.8. The Morgan fingerprint density at radius 1 is 1.03 bits per heavy atom. The highest BCUT2D eigenvalue weighted by atomic mass is 35.5. The van der Waals surface area contributed by atoms with Crippen molar-refractivity contribution < 1.29 is 9.84 Å². The summed E-state index contributed by atoms with van der Waals surface area (Å²) in [6.45, 7) is 2.20. The molecule has 1 heterocycles. The number of aliphatic hydroxyl groups excluding tert-OH is 1. The maximum absolute atomic E-state index is 12.9. The molecule has 0 saturated heterocycles. The van der Waals surface area contributed by atoms with Crippen LogP contribution in [-0.2, 0) is 6.61 Å². The fraction of sp³-hybridized carbons (Fsp3) is 0.167. The van der Waals surface area contributed by atoms with Crippen LogP contribution in [0.1, 0.15) is 11.5 Å². The average Bonchev–Trinajstić information content (AvgIpc) is 2.78. The fourth-order valence-corrected chi connectivity index (χ4v) is 3.98. The molecule has 0 fully saturated rings. The van der Waals surface area contributed by atoms with Crippen molar-refractivity contribution in [3.8, 4) is 11.4 Å². The first-order chi connectivity index (χ1) is 15.5. The van der Waals surface area contributed by atoms with Gasteiger partial charge in [0.2, 0.25) is 0 Å². The lowest BCUT2D eigenvalue weighted by Gasteiger charge is -2.16. The number of fused-ring (bicyclic) bond motifs is 1. The number of hydrogen-bond acceptors (Lipinski definition) is 5. The van der Waals surface area contributed by atoms with Crippen molar-refractivity contribution >= 4 is 39.7 Å². The van der Waals surface area contributed by atoms with Gasteiger partial charge < -0.3 is 15.2 Å². The van der Waals surface area contributed by atoms with Crippen molar-refractivity contribution in [1.29, 1.82) is 0 Å². The van der Waals surface area contributed by atoms with Crippen LogP contribution < -0.4 is 15.6 Å². The van der Waals surface area contributed by atoms with Crippen molar-refractivity contribution in [1.82, 2.24) is 9.55 Å². The van der Waals surface area contributed by atoms with Crippen molar-refractivity contribution in [3.05, 3.63) is 92.6 Å². The Morgan fingerprint density at radius 3 is 2.56 bits per heavy atom. The molecule has 0 spiro atoms. The van der Waals surface area contributed by atoms with E-state index in [1.165, 1.54) is 10.6 Å². The predicted molar refractivity (Wildman–Crippen MR) is 128 cm³/mol. The second kappa shape index (κ2) is 9.61. The van der Waals surface area contributed by atoms with E-state index in [4.69, 9.17) is 33.0 Å². The molecule has 0 radical (unpaired) electrons. The van der Waals surface area contributed by atoms with Crippen molar-refractivity contribution in [2.45, 2.75) is 13.5 Å². The molecule has 0 bridgehead atoms. The van der Waals surface area contributed by atoms with Gasteiger partial charge in [-0.2, -0.15) is 0 Å². The number of anilines is 1. The first-order valence-electron chi connectivity index (χ1n) is 10.0. The highest BCUT2D eigenvalue weighted by Gasteiger charge is 2.13. The zero-order valence-electron chi connectivity index (χ0n) is 17.3. The third-order valence-electron chi connectivity index (χ3n) is 4.94. The van der Waals surface area contributed by atoms with E-state index < -0.39 is 0 Å². The topological polar surface area (TPSA) is 76.4 Å². The molecule has 8 heteroatoms. The van der Waals surface area contributed by atoms with Crippen LogP contribution in [0.25, 0.3) is 16.5 Å². The number of rotatable bonds is 7. The van der Waals surface area contributed by atoms with E-state index in [0.29, 0.717) is 45.2 Å². The van der Waals surface area contributed by atoms with Crippen molar-refractivity contribution in [3.63, 3.8) is 0 Å². The van der Waals surface area contributed by atoms with Crippen LogP contribution in [0.2, 0.25) is 10.0 Å². The number of ether oxygens (including phenoxy) is 1. The molecule has 0 unspecified atom stereocenters. The molecular weight excluding hydrogens is 449 g/mol. The SMILES string of the molecule is Cc1cc(=O)n(-c2ccc(NCCO)c(Cl)c2)c(COc2ccc(Cl)c3ccccc23)n1. The number of benzene rings is 3. The van der Waals surface area contributed by atoms with Gasteiger partial charge in [0.1, 0.15) is 12.4 Å². The van der Waals surface area contributed by atoms with Crippen LogP contribution in [0.15, 0.2) is 65.5 Å². The summed E-state index contributed by atoms with van der Waals surface area (Å²) in [6, 6.07) is 18.0. The summed E-state index contributed by atoms with van der Waals surface area (Å²) in [4.78, 5) is 17.4. The maximum atomic E-state index is 12.9. The van der Waals surface area contributed by atoms with E-state index in [0.717, 1.165) is 10.8 Å². The van der Waals surface area contributed by atoms with Crippen LogP contribution in [0, 0.1) is 6.92 Å². The minimum absolute atomic E-state index is 0.0136. The number of nitrogens with zero attached hydrogens (tertiary/aromatic N) is 2. The van der Waals surface area contributed by atoms with Gasteiger partial charge in [-0.1, -0.05) is 47.5 Å². The molecule has 3 aromatic carbocycles. The van der Waals surface area contributed by atoms with Gasteiger partial charge >= 0.3 is 0 Å². The second-order valence-electron chi connectivity index (χ2n) is 7.18. The van der Waals surface area contributed by atoms with E-state index in [1.807, 2.05) is 24.3 Å². The van der Waals surface area contributed by atoms with Crippen molar-refractivity contribution in [2.24, 2.45) is 0 Å². The second-order valence-corrected chi connectivity index (χ2v) is 8.00. The summed E-state index contributed by atoms with van der Waals surface area (Å²) in [7, 11) is 0. The summed E-state index contributed by atoms with van der Waals surface area (Å²) in [5, 5.41) is 14.9. The molecule has 0 saturated carbocycles. The normalized spacial score (nSPS) is 11.0. The molecule has 4 rings (SSSR count). The van der Waals surface area contributed by atoms with Crippen LogP contribution in [0.4, 0.5) is 5.69 Å². The standard InChI is InChI=1S/C24H21Cl2N3O3/c1-15-12-24(31)29(16-6-8-21(20(26)13-16)27-10-11-30)23(28-15)14-32-22-9-7-19(25)17-4-2-3-5-18(17)22/h2-9,12-13,27,30H,10-11,14H2,1H3. The zero-order chi connectivity index (χ0) is 22.7. The van der Waals surface area contributed by atoms with Crippen LogP contribution in [0.5, 0.6) is 5.75 Å². The van der Waals surface area contributed by atoms with E-state index in [1.54, 1.807) is 37.3 Å². The van der Waals surface area contributed by atoms with Gasteiger partial charge in [0.15, 0.2) is 5.82 Å². The predicted octanol–water partition coefficient (Wildman–Crippen LogP) is 4.98. The Morgan fingerprint density at radius 2 is 1.81 bits per heavy atom. The van der Waals surface area contributed by atoms with E-state index in [9.17, 15) is 4.79 Å². The molecule has 32 heavy (non-hydrogen) atoms. The molecule has 0 aliphatic heterocycles. The molecule has 0 atom stereocenters. The highest BCUT2D eigenvalue weighted by Crippen LogP contribution is 2.32. The van der Waals surface area contributed by atoms with Gasteiger partial charge in [-0.3, -0.25) is 9.36 Å². The Balaban J connectivity index is 1.70. The summed E-state index contributed by atoms with van der Waals surface area (Å²) in [5.74, 6) is 1.09. The quantitative estimate of drug-likeness (QED) is 0.398. The molecular formula is C24H21Cl2N3O3. The van der Waals surface area contributed by atoms with Gasteiger partial charge in [-0.05, 0) is 37.3 Å². The average molecular weight is 470 g/mol. The van der Waals surface area contributed by atoms with Gasteiger partial charge in [0.05, 0.1) is 23.0 Å². The van der Waals surface area contributed by atoms with Gasteiger partial charge in [0.25, 0.3) is 5.56 Å². The smallest absolute Gasteiger partial charge is 0.258 e. The molecule has 4 aromatic rings. The van der Waals surface area contributed by atoms with Crippen LogP contribution >= 0.6 is 23.2 Å². The molecule has 0 aliphatic rings.